The van der Waals surface area contributed by atoms with Crippen molar-refractivity contribution >= 4 is 27.3 Å². The molecule has 4 rings (SSSR count). The summed E-state index contributed by atoms with van der Waals surface area (Å²) in [5.41, 5.74) is 2.71. The lowest BCUT2D eigenvalue weighted by molar-refractivity contribution is -0.385. The van der Waals surface area contributed by atoms with Crippen LogP contribution in [0.2, 0.25) is 0 Å². The zero-order valence-electron chi connectivity index (χ0n) is 14.4. The van der Waals surface area contributed by atoms with Crippen molar-refractivity contribution in [1.29, 1.82) is 0 Å². The van der Waals surface area contributed by atoms with E-state index in [0.717, 1.165) is 28.6 Å². The molecule has 0 saturated carbocycles. The molecule has 1 atom stereocenters. The molecule has 1 unspecified atom stereocenters. The van der Waals surface area contributed by atoms with Crippen molar-refractivity contribution in [2.24, 2.45) is 0 Å². The summed E-state index contributed by atoms with van der Waals surface area (Å²) < 4.78 is 7.61. The van der Waals surface area contributed by atoms with Gasteiger partial charge in [-0.2, -0.15) is 0 Å². The van der Waals surface area contributed by atoms with E-state index in [1.165, 1.54) is 17.3 Å². The van der Waals surface area contributed by atoms with Crippen LogP contribution in [0.4, 0.5) is 11.4 Å². The number of nitro benzene ring substituents is 1. The highest BCUT2D eigenvalue weighted by Gasteiger charge is 2.59. The average molecular weight is 403 g/mol. The number of likely N-dealkylation sites (N-methyl/N-ethyl adjacent to an activating group) is 1. The number of benzene rings is 2. The van der Waals surface area contributed by atoms with E-state index >= 15 is 0 Å². The first-order valence-corrected chi connectivity index (χ1v) is 9.06. The Bertz CT molecular complexity index is 896. The first-order valence-electron chi connectivity index (χ1n) is 8.26. The van der Waals surface area contributed by atoms with Gasteiger partial charge in [0.25, 0.3) is 5.69 Å². The van der Waals surface area contributed by atoms with Crippen molar-refractivity contribution in [1.82, 2.24) is 0 Å². The second kappa shape index (κ2) is 5.21. The van der Waals surface area contributed by atoms with Gasteiger partial charge >= 0.3 is 0 Å². The van der Waals surface area contributed by atoms with Crippen LogP contribution in [0, 0.1) is 10.1 Å². The predicted octanol–water partition coefficient (Wildman–Crippen LogP) is 4.81. The largest absolute Gasteiger partial charge is 0.467 e. The molecule has 6 heteroatoms. The summed E-state index contributed by atoms with van der Waals surface area (Å²) in [4.78, 5) is 12.9. The van der Waals surface area contributed by atoms with Gasteiger partial charge in [-0.05, 0) is 50.1 Å². The summed E-state index contributed by atoms with van der Waals surface area (Å²) >= 11 is 3.57. The standard InChI is InChI=1S/C19H19BrN2O3/c1-18(2)15-11-13(20)4-6-16(15)21(3)19(18)9-8-12-10-14(22(23)24)5-7-17(12)25-19/h4-7,10-11H,8-9H2,1-3H3. The van der Waals surface area contributed by atoms with E-state index in [4.69, 9.17) is 4.74 Å². The van der Waals surface area contributed by atoms with Crippen molar-refractivity contribution < 1.29 is 9.66 Å². The molecule has 0 amide bonds. The molecule has 0 saturated heterocycles. The van der Waals surface area contributed by atoms with Gasteiger partial charge in [0.05, 0.1) is 10.3 Å². The number of nitrogens with zero attached hydrogens (tertiary/aromatic N) is 2. The molecular weight excluding hydrogens is 384 g/mol. The molecule has 0 aromatic heterocycles. The van der Waals surface area contributed by atoms with Gasteiger partial charge in [0.15, 0.2) is 5.72 Å². The molecule has 5 nitrogen and oxygen atoms in total. The van der Waals surface area contributed by atoms with Crippen molar-refractivity contribution in [3.05, 3.63) is 62.1 Å². The lowest BCUT2D eigenvalue weighted by Gasteiger charge is -2.48. The number of ether oxygens (including phenoxy) is 1. The van der Waals surface area contributed by atoms with E-state index in [9.17, 15) is 10.1 Å². The van der Waals surface area contributed by atoms with Crippen LogP contribution in [0.1, 0.15) is 31.4 Å². The quantitative estimate of drug-likeness (QED) is 0.507. The molecule has 2 aliphatic heterocycles. The fourth-order valence-corrected chi connectivity index (χ4v) is 4.67. The van der Waals surface area contributed by atoms with Gasteiger partial charge in [0.2, 0.25) is 0 Å². The van der Waals surface area contributed by atoms with Crippen LogP contribution < -0.4 is 9.64 Å². The minimum atomic E-state index is -0.501. The molecule has 25 heavy (non-hydrogen) atoms. The van der Waals surface area contributed by atoms with Gasteiger partial charge in [-0.25, -0.2) is 0 Å². The van der Waals surface area contributed by atoms with Crippen molar-refractivity contribution in [2.75, 3.05) is 11.9 Å². The van der Waals surface area contributed by atoms with E-state index in [1.54, 1.807) is 12.1 Å². The monoisotopic (exact) mass is 402 g/mol. The second-order valence-electron chi connectivity index (χ2n) is 7.28. The van der Waals surface area contributed by atoms with E-state index in [0.29, 0.717) is 0 Å². The Labute approximate surface area is 154 Å². The number of rotatable bonds is 1. The number of hydrogen-bond donors (Lipinski definition) is 0. The molecule has 1 spiro atoms. The van der Waals surface area contributed by atoms with Crippen LogP contribution in [0.3, 0.4) is 0 Å². The second-order valence-corrected chi connectivity index (χ2v) is 8.20. The van der Waals surface area contributed by atoms with E-state index < -0.39 is 5.72 Å². The van der Waals surface area contributed by atoms with E-state index in [1.807, 2.05) is 6.07 Å². The van der Waals surface area contributed by atoms with E-state index in [-0.39, 0.29) is 16.0 Å². The zero-order chi connectivity index (χ0) is 18.0. The Balaban J connectivity index is 1.80. The molecule has 2 aliphatic rings. The number of non-ortho nitro benzene ring substituents is 1. The Morgan fingerprint density at radius 2 is 2.00 bits per heavy atom. The highest BCUT2D eigenvalue weighted by molar-refractivity contribution is 9.10. The molecule has 0 fully saturated rings. The number of hydrogen-bond acceptors (Lipinski definition) is 4. The van der Waals surface area contributed by atoms with Gasteiger partial charge < -0.3 is 9.64 Å². The molecule has 0 radical (unpaired) electrons. The Morgan fingerprint density at radius 1 is 1.24 bits per heavy atom. The van der Waals surface area contributed by atoms with Crippen molar-refractivity contribution in [3.63, 3.8) is 0 Å². The normalized spacial score (nSPS) is 23.1. The Hall–Kier alpha value is -2.08. The molecule has 2 aromatic rings. The third-order valence-electron chi connectivity index (χ3n) is 5.78. The third-order valence-corrected chi connectivity index (χ3v) is 6.27. The number of halogens is 1. The van der Waals surface area contributed by atoms with Crippen molar-refractivity contribution in [3.8, 4) is 5.75 Å². The van der Waals surface area contributed by atoms with Crippen LogP contribution >= 0.6 is 15.9 Å². The highest BCUT2D eigenvalue weighted by Crippen LogP contribution is 2.56. The smallest absolute Gasteiger partial charge is 0.269 e. The van der Waals surface area contributed by atoms with Gasteiger partial charge in [0.1, 0.15) is 5.75 Å². The summed E-state index contributed by atoms with van der Waals surface area (Å²) in [7, 11) is 2.07. The summed E-state index contributed by atoms with van der Waals surface area (Å²) in [6.45, 7) is 4.41. The molecule has 0 N–H and O–H groups in total. The number of aryl methyl sites for hydroxylation is 1. The van der Waals surface area contributed by atoms with Crippen LogP contribution in [0.25, 0.3) is 0 Å². The molecule has 2 aromatic carbocycles. The molecule has 2 heterocycles. The maximum Gasteiger partial charge on any atom is 0.269 e. The summed E-state index contributed by atoms with van der Waals surface area (Å²) in [5, 5.41) is 11.0. The number of anilines is 1. The summed E-state index contributed by atoms with van der Waals surface area (Å²) in [6, 6.07) is 11.2. The van der Waals surface area contributed by atoms with Gasteiger partial charge in [-0.3, -0.25) is 10.1 Å². The molecule has 0 bridgehead atoms. The third kappa shape index (κ3) is 2.13. The SMILES string of the molecule is CN1c2ccc(Br)cc2C(C)(C)C12CCc1cc([N+](=O)[O-])ccc1O2. The van der Waals surface area contributed by atoms with Crippen LogP contribution in [0.5, 0.6) is 5.75 Å². The fourth-order valence-electron chi connectivity index (χ4n) is 4.31. The number of nitro groups is 1. The molecular formula is C19H19BrN2O3. The topological polar surface area (TPSA) is 55.6 Å². The summed E-state index contributed by atoms with van der Waals surface area (Å²) in [5.74, 6) is 0.739. The minimum absolute atomic E-state index is 0.115. The maximum absolute atomic E-state index is 11.0. The van der Waals surface area contributed by atoms with Crippen LogP contribution in [-0.2, 0) is 11.8 Å². The van der Waals surface area contributed by atoms with Gasteiger partial charge in [0, 0.05) is 41.3 Å². The average Bonchev–Trinajstić information content (AvgIpc) is 2.73. The minimum Gasteiger partial charge on any atom is -0.467 e. The highest BCUT2D eigenvalue weighted by atomic mass is 79.9. The number of fused-ring (bicyclic) bond motifs is 2. The fraction of sp³-hybridized carbons (Fsp3) is 0.368. The molecule has 130 valence electrons. The zero-order valence-corrected chi connectivity index (χ0v) is 16.0. The van der Waals surface area contributed by atoms with Gasteiger partial charge in [-0.15, -0.1) is 0 Å². The lowest BCUT2D eigenvalue weighted by Crippen LogP contribution is -2.60. The summed E-state index contributed by atoms with van der Waals surface area (Å²) in [6.07, 6.45) is 1.52. The predicted molar refractivity (Wildman–Crippen MR) is 100 cm³/mol. The Kier molecular flexibility index (Phi) is 3.41. The van der Waals surface area contributed by atoms with E-state index in [2.05, 4.69) is 53.9 Å². The first-order chi connectivity index (χ1) is 11.8. The molecule has 0 aliphatic carbocycles. The van der Waals surface area contributed by atoms with Crippen LogP contribution in [0.15, 0.2) is 40.9 Å². The first kappa shape index (κ1) is 16.4. The lowest BCUT2D eigenvalue weighted by atomic mass is 9.74. The van der Waals surface area contributed by atoms with Crippen LogP contribution in [-0.4, -0.2) is 17.7 Å². The Morgan fingerprint density at radius 3 is 2.72 bits per heavy atom. The van der Waals surface area contributed by atoms with Gasteiger partial charge in [-0.1, -0.05) is 15.9 Å². The maximum atomic E-state index is 11.0. The van der Waals surface area contributed by atoms with Crippen molar-refractivity contribution in [2.45, 2.75) is 37.8 Å².